The van der Waals surface area contributed by atoms with E-state index >= 15 is 0 Å². The second kappa shape index (κ2) is 5.34. The molecule has 98 valence electrons. The van der Waals surface area contributed by atoms with E-state index in [0.29, 0.717) is 11.4 Å². The number of benzene rings is 1. The van der Waals surface area contributed by atoms with Gasteiger partial charge in [-0.05, 0) is 18.2 Å². The van der Waals surface area contributed by atoms with Gasteiger partial charge in [-0.3, -0.25) is 4.79 Å². The number of aromatic nitrogens is 2. The van der Waals surface area contributed by atoms with Crippen LogP contribution in [0.1, 0.15) is 10.5 Å². The molecule has 19 heavy (non-hydrogen) atoms. The molecule has 0 aliphatic heterocycles. The molecule has 0 aliphatic carbocycles. The van der Waals surface area contributed by atoms with Crippen molar-refractivity contribution in [2.24, 2.45) is 0 Å². The van der Waals surface area contributed by atoms with Gasteiger partial charge in [0.1, 0.15) is 11.4 Å². The van der Waals surface area contributed by atoms with Crippen LogP contribution in [0.25, 0.3) is 5.69 Å². The molecular weight excluding hydrogens is 248 g/mol. The molecular formula is C13H12N2O4. The summed E-state index contributed by atoms with van der Waals surface area (Å²) in [5.41, 5.74) is 0.144. The van der Waals surface area contributed by atoms with Crippen LogP contribution >= 0.6 is 0 Å². The molecule has 0 aliphatic rings. The molecule has 0 N–H and O–H groups in total. The first kappa shape index (κ1) is 12.8. The van der Waals surface area contributed by atoms with Gasteiger partial charge >= 0.3 is 5.97 Å². The number of methoxy groups -OCH3 is 2. The van der Waals surface area contributed by atoms with Crippen LogP contribution in [-0.2, 0) is 4.74 Å². The van der Waals surface area contributed by atoms with E-state index in [1.54, 1.807) is 24.3 Å². The van der Waals surface area contributed by atoms with Gasteiger partial charge in [-0.2, -0.15) is 9.78 Å². The van der Waals surface area contributed by atoms with Crippen molar-refractivity contribution in [1.82, 2.24) is 9.78 Å². The molecule has 1 heterocycles. The van der Waals surface area contributed by atoms with Crippen LogP contribution in [0.5, 0.6) is 5.75 Å². The minimum absolute atomic E-state index is 0.0491. The lowest BCUT2D eigenvalue weighted by Crippen LogP contribution is -2.23. The summed E-state index contributed by atoms with van der Waals surface area (Å²) in [6.45, 7) is 0. The molecule has 0 radical (unpaired) electrons. The molecule has 2 rings (SSSR count). The fraction of sp³-hybridized carbons (Fsp3) is 0.154. The number of carbonyl (C=O) groups excluding carboxylic acids is 1. The van der Waals surface area contributed by atoms with Gasteiger partial charge in [-0.25, -0.2) is 4.79 Å². The highest BCUT2D eigenvalue weighted by Gasteiger charge is 2.12. The van der Waals surface area contributed by atoms with Gasteiger partial charge in [0.2, 0.25) is 0 Å². The van der Waals surface area contributed by atoms with Crippen LogP contribution in [0.15, 0.2) is 41.2 Å². The molecule has 0 fully saturated rings. The molecule has 0 atom stereocenters. The SMILES string of the molecule is COC(=O)c1ccc(=O)n(-c2ccccc2OC)n1. The minimum Gasteiger partial charge on any atom is -0.494 e. The van der Waals surface area contributed by atoms with Crippen LogP contribution in [-0.4, -0.2) is 30.0 Å². The lowest BCUT2D eigenvalue weighted by atomic mass is 10.3. The quantitative estimate of drug-likeness (QED) is 0.771. The Balaban J connectivity index is 2.61. The van der Waals surface area contributed by atoms with E-state index in [4.69, 9.17) is 4.74 Å². The molecule has 2 aromatic rings. The van der Waals surface area contributed by atoms with Gasteiger partial charge in [0.25, 0.3) is 5.56 Å². The van der Waals surface area contributed by atoms with E-state index in [0.717, 1.165) is 4.68 Å². The van der Waals surface area contributed by atoms with Gasteiger partial charge in [-0.1, -0.05) is 12.1 Å². The summed E-state index contributed by atoms with van der Waals surface area (Å²) in [6.07, 6.45) is 0. The summed E-state index contributed by atoms with van der Waals surface area (Å²) >= 11 is 0. The number of hydrogen-bond acceptors (Lipinski definition) is 5. The third-order valence-corrected chi connectivity index (χ3v) is 2.51. The van der Waals surface area contributed by atoms with Crippen LogP contribution in [0.2, 0.25) is 0 Å². The fourth-order valence-electron chi connectivity index (χ4n) is 1.60. The van der Waals surface area contributed by atoms with Gasteiger partial charge in [0, 0.05) is 6.07 Å². The number of rotatable bonds is 3. The topological polar surface area (TPSA) is 70.4 Å². The van der Waals surface area contributed by atoms with Crippen LogP contribution in [0.4, 0.5) is 0 Å². The van der Waals surface area contributed by atoms with Crippen molar-refractivity contribution in [2.45, 2.75) is 0 Å². The van der Waals surface area contributed by atoms with Gasteiger partial charge < -0.3 is 9.47 Å². The first-order valence-electron chi connectivity index (χ1n) is 5.49. The Morgan fingerprint density at radius 3 is 2.58 bits per heavy atom. The third kappa shape index (κ3) is 2.47. The second-order valence-electron chi connectivity index (χ2n) is 3.63. The first-order chi connectivity index (χ1) is 9.17. The Morgan fingerprint density at radius 1 is 1.16 bits per heavy atom. The van der Waals surface area contributed by atoms with Crippen molar-refractivity contribution in [3.05, 3.63) is 52.4 Å². The number of ether oxygens (including phenoxy) is 2. The van der Waals surface area contributed by atoms with Crippen molar-refractivity contribution in [1.29, 1.82) is 0 Å². The number of hydrogen-bond donors (Lipinski definition) is 0. The predicted octanol–water partition coefficient (Wildman–Crippen LogP) is 1.03. The minimum atomic E-state index is -0.608. The van der Waals surface area contributed by atoms with E-state index in [-0.39, 0.29) is 11.3 Å². The molecule has 1 aromatic carbocycles. The summed E-state index contributed by atoms with van der Waals surface area (Å²) in [4.78, 5) is 23.3. The van der Waals surface area contributed by atoms with E-state index in [2.05, 4.69) is 9.84 Å². The highest BCUT2D eigenvalue weighted by Crippen LogP contribution is 2.19. The number of carbonyl (C=O) groups is 1. The Bertz CT molecular complexity index is 664. The number of nitrogens with zero attached hydrogens (tertiary/aromatic N) is 2. The van der Waals surface area contributed by atoms with E-state index < -0.39 is 5.97 Å². The first-order valence-corrected chi connectivity index (χ1v) is 5.49. The maximum atomic E-state index is 11.8. The van der Waals surface area contributed by atoms with E-state index in [1.807, 2.05) is 0 Å². The zero-order chi connectivity index (χ0) is 13.8. The van der Waals surface area contributed by atoms with Crippen molar-refractivity contribution in [3.8, 4) is 11.4 Å². The zero-order valence-electron chi connectivity index (χ0n) is 10.5. The predicted molar refractivity (Wildman–Crippen MR) is 67.7 cm³/mol. The summed E-state index contributed by atoms with van der Waals surface area (Å²) in [5, 5.41) is 3.97. The molecule has 0 amide bonds. The Kier molecular flexibility index (Phi) is 3.61. The highest BCUT2D eigenvalue weighted by atomic mass is 16.5. The molecule has 0 spiro atoms. The molecule has 0 saturated carbocycles. The maximum absolute atomic E-state index is 11.8. The lowest BCUT2D eigenvalue weighted by Gasteiger charge is -2.09. The Hall–Kier alpha value is -2.63. The molecule has 6 nitrogen and oxygen atoms in total. The number of para-hydroxylation sites is 2. The Morgan fingerprint density at radius 2 is 1.89 bits per heavy atom. The molecule has 1 aromatic heterocycles. The largest absolute Gasteiger partial charge is 0.494 e. The standard InChI is InChI=1S/C13H12N2O4/c1-18-11-6-4-3-5-10(11)15-12(16)8-7-9(14-15)13(17)19-2/h3-8H,1-2H3. The van der Waals surface area contributed by atoms with E-state index in [9.17, 15) is 9.59 Å². The van der Waals surface area contributed by atoms with E-state index in [1.165, 1.54) is 26.4 Å². The normalized spacial score (nSPS) is 10.0. The average Bonchev–Trinajstić information content (AvgIpc) is 2.47. The average molecular weight is 260 g/mol. The van der Waals surface area contributed by atoms with Gasteiger partial charge in [0.15, 0.2) is 5.69 Å². The second-order valence-corrected chi connectivity index (χ2v) is 3.63. The van der Waals surface area contributed by atoms with Crippen molar-refractivity contribution >= 4 is 5.97 Å². The van der Waals surface area contributed by atoms with Crippen LogP contribution in [0.3, 0.4) is 0 Å². The maximum Gasteiger partial charge on any atom is 0.358 e. The van der Waals surface area contributed by atoms with Crippen molar-refractivity contribution in [2.75, 3.05) is 14.2 Å². The summed E-state index contributed by atoms with van der Waals surface area (Å²) in [6, 6.07) is 9.47. The molecule has 6 heteroatoms. The van der Waals surface area contributed by atoms with Crippen LogP contribution < -0.4 is 10.3 Å². The Labute approximate surface area is 109 Å². The van der Waals surface area contributed by atoms with Crippen molar-refractivity contribution < 1.29 is 14.3 Å². The molecule has 0 saturated heterocycles. The monoisotopic (exact) mass is 260 g/mol. The highest BCUT2D eigenvalue weighted by molar-refractivity contribution is 5.86. The molecule has 0 bridgehead atoms. The number of esters is 1. The smallest absolute Gasteiger partial charge is 0.358 e. The fourth-order valence-corrected chi connectivity index (χ4v) is 1.60. The third-order valence-electron chi connectivity index (χ3n) is 2.51. The van der Waals surface area contributed by atoms with Gasteiger partial charge in [0.05, 0.1) is 14.2 Å². The van der Waals surface area contributed by atoms with Crippen LogP contribution in [0, 0.1) is 0 Å². The lowest BCUT2D eigenvalue weighted by molar-refractivity contribution is 0.0591. The summed E-state index contributed by atoms with van der Waals surface area (Å²) in [7, 11) is 2.75. The zero-order valence-corrected chi connectivity index (χ0v) is 10.5. The van der Waals surface area contributed by atoms with Crippen molar-refractivity contribution in [3.63, 3.8) is 0 Å². The summed E-state index contributed by atoms with van der Waals surface area (Å²) in [5.74, 6) is -0.122. The molecule has 0 unspecified atom stereocenters. The van der Waals surface area contributed by atoms with Gasteiger partial charge in [-0.15, -0.1) is 0 Å². The summed E-state index contributed by atoms with van der Waals surface area (Å²) < 4.78 is 10.8.